The number of unbranched alkanes of at least 4 members (excludes halogenated alkanes) is 2. The van der Waals surface area contributed by atoms with Gasteiger partial charge >= 0.3 is 5.97 Å². The summed E-state index contributed by atoms with van der Waals surface area (Å²) in [4.78, 5) is 11.5. The van der Waals surface area contributed by atoms with Crippen LogP contribution >= 0.6 is 0 Å². The molecule has 1 N–H and O–H groups in total. The van der Waals surface area contributed by atoms with Gasteiger partial charge in [0.25, 0.3) is 0 Å². The van der Waals surface area contributed by atoms with E-state index in [1.807, 2.05) is 24.3 Å². The highest BCUT2D eigenvalue weighted by atomic mass is 16.4. The van der Waals surface area contributed by atoms with E-state index < -0.39 is 5.97 Å². The fourth-order valence-corrected chi connectivity index (χ4v) is 2.78. The Kier molecular flexibility index (Phi) is 6.80. The quantitative estimate of drug-likeness (QED) is 0.587. The van der Waals surface area contributed by atoms with Gasteiger partial charge in [-0.05, 0) is 41.2 Å². The minimum atomic E-state index is -0.878. The molecule has 0 aromatic heterocycles. The third-order valence-electron chi connectivity index (χ3n) is 4.11. The summed E-state index contributed by atoms with van der Waals surface area (Å²) in [5.41, 5.74) is 4.45. The highest BCUT2D eigenvalue weighted by molar-refractivity contribution is 5.96. The Balaban J connectivity index is 2.28. The molecule has 0 amide bonds. The van der Waals surface area contributed by atoms with E-state index in [-0.39, 0.29) is 0 Å². The van der Waals surface area contributed by atoms with Gasteiger partial charge < -0.3 is 5.11 Å². The number of hydrogen-bond donors (Lipinski definition) is 1. The van der Waals surface area contributed by atoms with Gasteiger partial charge in [-0.1, -0.05) is 81.7 Å². The monoisotopic (exact) mass is 322 g/mol. The number of hydrogen-bond acceptors (Lipinski definition) is 1. The maximum Gasteiger partial charge on any atom is 0.336 e. The summed E-state index contributed by atoms with van der Waals surface area (Å²) in [7, 11) is 0. The molecule has 0 radical (unpaired) electrons. The average Bonchev–Trinajstić information content (AvgIpc) is 2.59. The molecule has 24 heavy (non-hydrogen) atoms. The third kappa shape index (κ3) is 4.82. The smallest absolute Gasteiger partial charge is 0.336 e. The normalized spacial score (nSPS) is 11.1. The Morgan fingerprint density at radius 3 is 2.42 bits per heavy atom. The largest absolute Gasteiger partial charge is 0.478 e. The van der Waals surface area contributed by atoms with Crippen molar-refractivity contribution in [3.05, 3.63) is 65.2 Å². The van der Waals surface area contributed by atoms with Crippen molar-refractivity contribution < 1.29 is 9.90 Å². The number of aryl methyl sites for hydroxylation is 1. The van der Waals surface area contributed by atoms with E-state index in [1.54, 1.807) is 6.07 Å². The van der Waals surface area contributed by atoms with E-state index in [0.717, 1.165) is 36.0 Å². The van der Waals surface area contributed by atoms with Gasteiger partial charge in [-0.2, -0.15) is 0 Å². The van der Waals surface area contributed by atoms with Crippen LogP contribution in [-0.4, -0.2) is 11.1 Å². The van der Waals surface area contributed by atoms with Crippen LogP contribution < -0.4 is 0 Å². The minimum absolute atomic E-state index is 0.362. The van der Waals surface area contributed by atoms with Gasteiger partial charge in [0, 0.05) is 0 Å². The van der Waals surface area contributed by atoms with E-state index in [4.69, 9.17) is 0 Å². The molecule has 0 aliphatic heterocycles. The maximum atomic E-state index is 11.5. The standard InChI is InChI=1S/C22H26O2/c1-3-5-6-7-9-17-10-13-19(14-11-17)21-16-18(8-4-2)12-15-20(21)22(23)24/h7,9-16H,3-6,8H2,1-2H3,(H,23,24)/b9-7+. The molecule has 0 unspecified atom stereocenters. The fourth-order valence-electron chi connectivity index (χ4n) is 2.78. The van der Waals surface area contributed by atoms with E-state index in [1.165, 1.54) is 18.4 Å². The number of rotatable bonds is 8. The van der Waals surface area contributed by atoms with Crippen molar-refractivity contribution in [2.45, 2.75) is 46.0 Å². The number of carbonyl (C=O) groups is 1. The van der Waals surface area contributed by atoms with Gasteiger partial charge in [0.2, 0.25) is 0 Å². The number of carboxylic acids is 1. The van der Waals surface area contributed by atoms with Crippen LogP contribution in [0.2, 0.25) is 0 Å². The molecule has 0 saturated heterocycles. The van der Waals surface area contributed by atoms with Gasteiger partial charge in [0.1, 0.15) is 0 Å². The third-order valence-corrected chi connectivity index (χ3v) is 4.11. The molecule has 2 nitrogen and oxygen atoms in total. The molecule has 2 aromatic rings. The average molecular weight is 322 g/mol. The van der Waals surface area contributed by atoms with Crippen molar-refractivity contribution in [2.75, 3.05) is 0 Å². The molecule has 0 aliphatic rings. The predicted molar refractivity (Wildman–Crippen MR) is 101 cm³/mol. The molecule has 0 atom stereocenters. The maximum absolute atomic E-state index is 11.5. The van der Waals surface area contributed by atoms with Crippen LogP contribution in [0.15, 0.2) is 48.5 Å². The van der Waals surface area contributed by atoms with Crippen LogP contribution in [0, 0.1) is 0 Å². The second kappa shape index (κ2) is 9.07. The van der Waals surface area contributed by atoms with Gasteiger partial charge in [0.05, 0.1) is 5.56 Å². The summed E-state index contributed by atoms with van der Waals surface area (Å²) < 4.78 is 0. The first-order valence-electron chi connectivity index (χ1n) is 8.79. The van der Waals surface area contributed by atoms with Crippen LogP contribution in [0.1, 0.15) is 61.0 Å². The lowest BCUT2D eigenvalue weighted by Crippen LogP contribution is -2.00. The lowest BCUT2D eigenvalue weighted by atomic mass is 9.95. The van der Waals surface area contributed by atoms with Crippen LogP contribution in [0.5, 0.6) is 0 Å². The van der Waals surface area contributed by atoms with Crippen molar-refractivity contribution in [3.63, 3.8) is 0 Å². The van der Waals surface area contributed by atoms with Gasteiger partial charge in [-0.3, -0.25) is 0 Å². The Morgan fingerprint density at radius 1 is 1.04 bits per heavy atom. The Morgan fingerprint density at radius 2 is 1.79 bits per heavy atom. The second-order valence-corrected chi connectivity index (χ2v) is 6.10. The van der Waals surface area contributed by atoms with Crippen LogP contribution in [-0.2, 0) is 6.42 Å². The van der Waals surface area contributed by atoms with E-state index in [9.17, 15) is 9.90 Å². The lowest BCUT2D eigenvalue weighted by Gasteiger charge is -2.09. The highest BCUT2D eigenvalue weighted by Gasteiger charge is 2.12. The number of benzene rings is 2. The first-order chi connectivity index (χ1) is 11.7. The molecule has 2 heteroatoms. The Hall–Kier alpha value is -2.35. The van der Waals surface area contributed by atoms with Crippen molar-refractivity contribution in [1.29, 1.82) is 0 Å². The van der Waals surface area contributed by atoms with Crippen molar-refractivity contribution >= 4 is 12.0 Å². The van der Waals surface area contributed by atoms with Gasteiger partial charge in [0.15, 0.2) is 0 Å². The SMILES string of the molecule is CCCC/C=C/c1ccc(-c2cc(CCC)ccc2C(=O)O)cc1. The molecule has 0 spiro atoms. The van der Waals surface area contributed by atoms with Crippen LogP contribution in [0.4, 0.5) is 0 Å². The number of allylic oxidation sites excluding steroid dienone is 1. The lowest BCUT2D eigenvalue weighted by molar-refractivity contribution is 0.0697. The predicted octanol–water partition coefficient (Wildman–Crippen LogP) is 6.21. The molecule has 0 heterocycles. The molecular weight excluding hydrogens is 296 g/mol. The molecule has 0 aliphatic carbocycles. The first kappa shape index (κ1) is 18.0. The molecule has 0 saturated carbocycles. The molecule has 2 rings (SSSR count). The first-order valence-corrected chi connectivity index (χ1v) is 8.79. The van der Waals surface area contributed by atoms with Crippen molar-refractivity contribution in [1.82, 2.24) is 0 Å². The van der Waals surface area contributed by atoms with Gasteiger partial charge in [-0.15, -0.1) is 0 Å². The fraction of sp³-hybridized carbons (Fsp3) is 0.318. The zero-order valence-corrected chi connectivity index (χ0v) is 14.6. The Labute approximate surface area is 144 Å². The zero-order chi connectivity index (χ0) is 17.4. The molecule has 2 aromatic carbocycles. The van der Waals surface area contributed by atoms with Crippen molar-refractivity contribution in [2.24, 2.45) is 0 Å². The minimum Gasteiger partial charge on any atom is -0.478 e. The summed E-state index contributed by atoms with van der Waals surface area (Å²) in [6.07, 6.45) is 9.85. The van der Waals surface area contributed by atoms with Gasteiger partial charge in [-0.25, -0.2) is 4.79 Å². The molecule has 126 valence electrons. The highest BCUT2D eigenvalue weighted by Crippen LogP contribution is 2.26. The second-order valence-electron chi connectivity index (χ2n) is 6.10. The molecule has 0 bridgehead atoms. The summed E-state index contributed by atoms with van der Waals surface area (Å²) in [6.45, 7) is 4.32. The number of carboxylic acid groups (broad SMARTS) is 1. The van der Waals surface area contributed by atoms with Crippen LogP contribution in [0.25, 0.3) is 17.2 Å². The molecular formula is C22H26O2. The van der Waals surface area contributed by atoms with Crippen LogP contribution in [0.3, 0.4) is 0 Å². The van der Waals surface area contributed by atoms with E-state index in [0.29, 0.717) is 5.56 Å². The summed E-state index contributed by atoms with van der Waals surface area (Å²) >= 11 is 0. The number of aromatic carboxylic acids is 1. The van der Waals surface area contributed by atoms with E-state index in [2.05, 4.69) is 38.1 Å². The topological polar surface area (TPSA) is 37.3 Å². The summed E-state index contributed by atoms with van der Waals surface area (Å²) in [5, 5.41) is 9.46. The van der Waals surface area contributed by atoms with E-state index >= 15 is 0 Å². The van der Waals surface area contributed by atoms with Crippen molar-refractivity contribution in [3.8, 4) is 11.1 Å². The molecule has 0 fully saturated rings. The zero-order valence-electron chi connectivity index (χ0n) is 14.6. The summed E-state index contributed by atoms with van der Waals surface area (Å²) in [5.74, 6) is -0.878. The Bertz CT molecular complexity index is 696. The summed E-state index contributed by atoms with van der Waals surface area (Å²) in [6, 6.07) is 13.8.